The van der Waals surface area contributed by atoms with Crippen LogP contribution in [-0.2, 0) is 13.2 Å². The van der Waals surface area contributed by atoms with Crippen molar-refractivity contribution in [1.82, 2.24) is 10.1 Å². The average Bonchev–Trinajstić information content (AvgIpc) is 2.80. The average molecular weight is 284 g/mol. The van der Waals surface area contributed by atoms with E-state index in [2.05, 4.69) is 30.6 Å². The lowest BCUT2D eigenvalue weighted by atomic mass is 10.2. The molecule has 0 spiro atoms. The van der Waals surface area contributed by atoms with Crippen LogP contribution in [0.15, 0.2) is 33.6 Å². The second-order valence-electron chi connectivity index (χ2n) is 3.11. The molecular formula is C10H10BrN3O2. The van der Waals surface area contributed by atoms with Gasteiger partial charge in [-0.15, -0.1) is 0 Å². The van der Waals surface area contributed by atoms with Crippen LogP contribution in [0, 0.1) is 0 Å². The Hall–Kier alpha value is -1.40. The minimum atomic E-state index is 0.275. The Balaban J connectivity index is 2.04. The standard InChI is InChI=1S/C10H10BrN3O2/c11-8-3-7(4-12)1-2-9(8)15-5-10-13-6-16-14-10/h1-3,6H,4-5,12H2. The van der Waals surface area contributed by atoms with Gasteiger partial charge in [-0.05, 0) is 33.6 Å². The van der Waals surface area contributed by atoms with Crippen molar-refractivity contribution >= 4 is 15.9 Å². The maximum Gasteiger partial charge on any atom is 0.213 e. The van der Waals surface area contributed by atoms with Gasteiger partial charge in [0.25, 0.3) is 0 Å². The monoisotopic (exact) mass is 283 g/mol. The highest BCUT2D eigenvalue weighted by atomic mass is 79.9. The summed E-state index contributed by atoms with van der Waals surface area (Å²) in [5, 5.41) is 3.65. The van der Waals surface area contributed by atoms with Gasteiger partial charge < -0.3 is 15.0 Å². The topological polar surface area (TPSA) is 74.2 Å². The van der Waals surface area contributed by atoms with Crippen molar-refractivity contribution in [2.24, 2.45) is 5.73 Å². The van der Waals surface area contributed by atoms with Crippen LogP contribution in [0.25, 0.3) is 0 Å². The van der Waals surface area contributed by atoms with Crippen molar-refractivity contribution in [1.29, 1.82) is 0 Å². The lowest BCUT2D eigenvalue weighted by molar-refractivity contribution is 0.285. The largest absolute Gasteiger partial charge is 0.484 e. The van der Waals surface area contributed by atoms with Crippen LogP contribution in [0.3, 0.4) is 0 Å². The van der Waals surface area contributed by atoms with Crippen LogP contribution < -0.4 is 10.5 Å². The van der Waals surface area contributed by atoms with Crippen molar-refractivity contribution in [3.8, 4) is 5.75 Å². The Bertz CT molecular complexity index is 459. The molecule has 1 heterocycles. The first-order chi connectivity index (χ1) is 7.79. The minimum absolute atomic E-state index is 0.275. The maximum absolute atomic E-state index is 5.53. The Kier molecular flexibility index (Phi) is 3.53. The molecule has 0 radical (unpaired) electrons. The smallest absolute Gasteiger partial charge is 0.213 e. The van der Waals surface area contributed by atoms with E-state index >= 15 is 0 Å². The predicted octanol–water partition coefficient (Wildman–Crippen LogP) is 1.87. The van der Waals surface area contributed by atoms with Crippen LogP contribution in [-0.4, -0.2) is 10.1 Å². The molecule has 6 heteroatoms. The summed E-state index contributed by atoms with van der Waals surface area (Å²) in [4.78, 5) is 3.86. The third-order valence-electron chi connectivity index (χ3n) is 2.00. The van der Waals surface area contributed by atoms with Crippen molar-refractivity contribution < 1.29 is 9.26 Å². The number of nitrogens with two attached hydrogens (primary N) is 1. The van der Waals surface area contributed by atoms with Crippen molar-refractivity contribution in [3.05, 3.63) is 40.5 Å². The first-order valence-electron chi connectivity index (χ1n) is 4.66. The van der Waals surface area contributed by atoms with Gasteiger partial charge in [0.05, 0.1) is 4.47 Å². The van der Waals surface area contributed by atoms with E-state index < -0.39 is 0 Å². The van der Waals surface area contributed by atoms with E-state index in [1.807, 2.05) is 18.2 Å². The molecule has 0 fully saturated rings. The zero-order valence-electron chi connectivity index (χ0n) is 8.39. The van der Waals surface area contributed by atoms with E-state index in [0.717, 1.165) is 15.8 Å². The fraction of sp³-hybridized carbons (Fsp3) is 0.200. The van der Waals surface area contributed by atoms with Crippen molar-refractivity contribution in [3.63, 3.8) is 0 Å². The molecule has 0 aliphatic heterocycles. The van der Waals surface area contributed by atoms with Gasteiger partial charge in [-0.25, -0.2) is 0 Å². The summed E-state index contributed by atoms with van der Waals surface area (Å²) >= 11 is 3.41. The summed E-state index contributed by atoms with van der Waals surface area (Å²) in [6.07, 6.45) is 1.27. The van der Waals surface area contributed by atoms with Gasteiger partial charge in [-0.1, -0.05) is 11.2 Å². The van der Waals surface area contributed by atoms with E-state index in [0.29, 0.717) is 12.4 Å². The SMILES string of the molecule is NCc1ccc(OCc2ncon2)c(Br)c1. The quantitative estimate of drug-likeness (QED) is 0.927. The van der Waals surface area contributed by atoms with E-state index in [-0.39, 0.29) is 6.61 Å². The molecule has 0 amide bonds. The zero-order chi connectivity index (χ0) is 11.4. The van der Waals surface area contributed by atoms with Gasteiger partial charge in [-0.2, -0.15) is 4.98 Å². The van der Waals surface area contributed by atoms with Crippen molar-refractivity contribution in [2.75, 3.05) is 0 Å². The summed E-state index contributed by atoms with van der Waals surface area (Å²) in [5.41, 5.74) is 6.57. The molecular weight excluding hydrogens is 274 g/mol. The molecule has 0 unspecified atom stereocenters. The zero-order valence-corrected chi connectivity index (χ0v) is 9.98. The molecule has 2 aromatic rings. The molecule has 0 saturated heterocycles. The first-order valence-corrected chi connectivity index (χ1v) is 5.45. The lowest BCUT2D eigenvalue weighted by Gasteiger charge is -2.07. The van der Waals surface area contributed by atoms with Gasteiger partial charge in [0.2, 0.25) is 12.2 Å². The van der Waals surface area contributed by atoms with Crippen LogP contribution in [0.1, 0.15) is 11.4 Å². The third kappa shape index (κ3) is 2.59. The summed E-state index contributed by atoms with van der Waals surface area (Å²) in [6, 6.07) is 5.69. The van der Waals surface area contributed by atoms with Gasteiger partial charge >= 0.3 is 0 Å². The molecule has 5 nitrogen and oxygen atoms in total. The van der Waals surface area contributed by atoms with Gasteiger partial charge in [0.15, 0.2) is 6.61 Å². The van der Waals surface area contributed by atoms with Crippen LogP contribution in [0.2, 0.25) is 0 Å². The molecule has 84 valence electrons. The first kappa shape index (κ1) is 11.1. The Labute approximate surface area is 101 Å². The highest BCUT2D eigenvalue weighted by Crippen LogP contribution is 2.26. The molecule has 0 saturated carbocycles. The maximum atomic E-state index is 5.53. The van der Waals surface area contributed by atoms with Crippen LogP contribution in [0.4, 0.5) is 0 Å². The van der Waals surface area contributed by atoms with E-state index in [9.17, 15) is 0 Å². The number of nitrogens with zero attached hydrogens (tertiary/aromatic N) is 2. The van der Waals surface area contributed by atoms with Gasteiger partial charge in [-0.3, -0.25) is 0 Å². The lowest BCUT2D eigenvalue weighted by Crippen LogP contribution is -2.00. The van der Waals surface area contributed by atoms with Crippen LogP contribution >= 0.6 is 15.9 Å². The fourth-order valence-electron chi connectivity index (χ4n) is 1.19. The second kappa shape index (κ2) is 5.09. The molecule has 1 aromatic carbocycles. The number of hydrogen-bond acceptors (Lipinski definition) is 5. The highest BCUT2D eigenvalue weighted by Gasteiger charge is 2.04. The Morgan fingerprint density at radius 1 is 1.44 bits per heavy atom. The molecule has 2 N–H and O–H groups in total. The molecule has 0 atom stereocenters. The number of hydrogen-bond donors (Lipinski definition) is 1. The molecule has 16 heavy (non-hydrogen) atoms. The third-order valence-corrected chi connectivity index (χ3v) is 2.62. The minimum Gasteiger partial charge on any atom is -0.484 e. The summed E-state index contributed by atoms with van der Waals surface area (Å²) in [7, 11) is 0. The molecule has 2 rings (SSSR count). The van der Waals surface area contributed by atoms with Gasteiger partial charge in [0.1, 0.15) is 5.75 Å². The Morgan fingerprint density at radius 3 is 2.94 bits per heavy atom. The number of halogens is 1. The van der Waals surface area contributed by atoms with E-state index in [1.54, 1.807) is 0 Å². The molecule has 0 aliphatic carbocycles. The molecule has 0 aliphatic rings. The summed E-state index contributed by atoms with van der Waals surface area (Å²) in [6.45, 7) is 0.779. The Morgan fingerprint density at radius 2 is 2.31 bits per heavy atom. The summed E-state index contributed by atoms with van der Waals surface area (Å²) < 4.78 is 11.0. The molecule has 1 aromatic heterocycles. The molecule has 0 bridgehead atoms. The van der Waals surface area contributed by atoms with E-state index in [1.165, 1.54) is 6.39 Å². The number of rotatable bonds is 4. The second-order valence-corrected chi connectivity index (χ2v) is 3.96. The number of aromatic nitrogens is 2. The normalized spacial score (nSPS) is 10.4. The number of benzene rings is 1. The van der Waals surface area contributed by atoms with Crippen molar-refractivity contribution in [2.45, 2.75) is 13.2 Å². The predicted molar refractivity (Wildman–Crippen MR) is 60.7 cm³/mol. The summed E-state index contributed by atoms with van der Waals surface area (Å²) in [5.74, 6) is 1.23. The van der Waals surface area contributed by atoms with Gasteiger partial charge in [0, 0.05) is 6.54 Å². The van der Waals surface area contributed by atoms with E-state index in [4.69, 9.17) is 10.5 Å². The fourth-order valence-corrected chi connectivity index (χ4v) is 1.73. The highest BCUT2D eigenvalue weighted by molar-refractivity contribution is 9.10. The van der Waals surface area contributed by atoms with Crippen LogP contribution in [0.5, 0.6) is 5.75 Å². The number of ether oxygens (including phenoxy) is 1.